The van der Waals surface area contributed by atoms with Crippen molar-refractivity contribution >= 4 is 0 Å². The topological polar surface area (TPSA) is 12.0 Å². The Morgan fingerprint density at radius 1 is 1.25 bits per heavy atom. The van der Waals surface area contributed by atoms with E-state index in [2.05, 4.69) is 55.6 Å². The largest absolute Gasteiger partial charge is 0.304 e. The quantitative estimate of drug-likeness (QED) is 0.757. The monoisotopic (exact) mass is 215 g/mol. The number of hydrogen-bond donors (Lipinski definition) is 1. The summed E-state index contributed by atoms with van der Waals surface area (Å²) in [6.45, 7) is 4.37. The van der Waals surface area contributed by atoms with Crippen LogP contribution in [0.25, 0.3) is 0 Å². The molecule has 2 atom stereocenters. The van der Waals surface area contributed by atoms with Crippen molar-refractivity contribution in [3.63, 3.8) is 0 Å². The van der Waals surface area contributed by atoms with Gasteiger partial charge < -0.3 is 5.32 Å². The first-order chi connectivity index (χ1) is 7.75. The molecule has 0 bridgehead atoms. The SMILES string of the molecule is Cc1ccc(C(C)NC2C=CCCC2)cc1. The Labute approximate surface area is 98.6 Å². The maximum absolute atomic E-state index is 3.67. The zero-order valence-electron chi connectivity index (χ0n) is 10.2. The van der Waals surface area contributed by atoms with Crippen molar-refractivity contribution in [1.82, 2.24) is 5.32 Å². The average molecular weight is 215 g/mol. The molecule has 1 heteroatoms. The number of benzene rings is 1. The lowest BCUT2D eigenvalue weighted by molar-refractivity contribution is 0.467. The van der Waals surface area contributed by atoms with Crippen LogP contribution in [0.2, 0.25) is 0 Å². The molecule has 0 aliphatic heterocycles. The van der Waals surface area contributed by atoms with E-state index in [0.717, 1.165) is 0 Å². The molecule has 16 heavy (non-hydrogen) atoms. The lowest BCUT2D eigenvalue weighted by Crippen LogP contribution is -2.30. The Balaban J connectivity index is 1.96. The second kappa shape index (κ2) is 5.31. The molecule has 86 valence electrons. The number of nitrogens with one attached hydrogen (secondary N) is 1. The van der Waals surface area contributed by atoms with Crippen LogP contribution in [0.4, 0.5) is 0 Å². The Bertz CT molecular complexity index is 350. The molecular formula is C15H21N. The standard InChI is InChI=1S/C15H21N/c1-12-8-10-14(11-9-12)13(2)16-15-6-4-3-5-7-15/h4,6,8-11,13,15-16H,3,5,7H2,1-2H3. The van der Waals surface area contributed by atoms with Gasteiger partial charge in [-0.15, -0.1) is 0 Å². The third-order valence-corrected chi connectivity index (χ3v) is 3.30. The smallest absolute Gasteiger partial charge is 0.0297 e. The first kappa shape index (κ1) is 11.4. The van der Waals surface area contributed by atoms with E-state index in [0.29, 0.717) is 12.1 Å². The van der Waals surface area contributed by atoms with Crippen molar-refractivity contribution in [2.45, 2.75) is 45.2 Å². The van der Waals surface area contributed by atoms with Gasteiger partial charge in [0.15, 0.2) is 0 Å². The fraction of sp³-hybridized carbons (Fsp3) is 0.467. The second-order valence-corrected chi connectivity index (χ2v) is 4.76. The summed E-state index contributed by atoms with van der Waals surface area (Å²) in [7, 11) is 0. The van der Waals surface area contributed by atoms with Crippen LogP contribution in [0.5, 0.6) is 0 Å². The van der Waals surface area contributed by atoms with Crippen molar-refractivity contribution in [2.24, 2.45) is 0 Å². The second-order valence-electron chi connectivity index (χ2n) is 4.76. The van der Waals surface area contributed by atoms with E-state index in [4.69, 9.17) is 0 Å². The van der Waals surface area contributed by atoms with Crippen LogP contribution in [0.1, 0.15) is 43.4 Å². The maximum atomic E-state index is 3.67. The van der Waals surface area contributed by atoms with Crippen molar-refractivity contribution in [1.29, 1.82) is 0 Å². The number of rotatable bonds is 3. The molecule has 1 N–H and O–H groups in total. The van der Waals surface area contributed by atoms with Gasteiger partial charge in [0.25, 0.3) is 0 Å². The van der Waals surface area contributed by atoms with Crippen LogP contribution >= 0.6 is 0 Å². The summed E-state index contributed by atoms with van der Waals surface area (Å²) in [4.78, 5) is 0. The van der Waals surface area contributed by atoms with E-state index in [1.807, 2.05) is 0 Å². The summed E-state index contributed by atoms with van der Waals surface area (Å²) in [5.41, 5.74) is 2.71. The molecule has 2 unspecified atom stereocenters. The highest BCUT2D eigenvalue weighted by molar-refractivity contribution is 5.24. The van der Waals surface area contributed by atoms with Gasteiger partial charge in [-0.25, -0.2) is 0 Å². The lowest BCUT2D eigenvalue weighted by Gasteiger charge is -2.23. The van der Waals surface area contributed by atoms with Gasteiger partial charge >= 0.3 is 0 Å². The highest BCUT2D eigenvalue weighted by Crippen LogP contribution is 2.17. The van der Waals surface area contributed by atoms with Gasteiger partial charge in [-0.3, -0.25) is 0 Å². The Morgan fingerprint density at radius 3 is 2.62 bits per heavy atom. The lowest BCUT2D eigenvalue weighted by atomic mass is 10.00. The van der Waals surface area contributed by atoms with E-state index in [9.17, 15) is 0 Å². The van der Waals surface area contributed by atoms with Gasteiger partial charge in [0.1, 0.15) is 0 Å². The molecule has 1 nitrogen and oxygen atoms in total. The summed E-state index contributed by atoms with van der Waals surface area (Å²) in [5.74, 6) is 0. The van der Waals surface area contributed by atoms with Crippen LogP contribution in [0.15, 0.2) is 36.4 Å². The molecule has 1 aromatic rings. The molecule has 1 aliphatic rings. The fourth-order valence-corrected chi connectivity index (χ4v) is 2.22. The summed E-state index contributed by atoms with van der Waals surface area (Å²) in [6, 6.07) is 9.81. The molecule has 0 aromatic heterocycles. The highest BCUT2D eigenvalue weighted by atomic mass is 14.9. The molecule has 0 spiro atoms. The Morgan fingerprint density at radius 2 is 2.00 bits per heavy atom. The Kier molecular flexibility index (Phi) is 3.79. The molecule has 1 aliphatic carbocycles. The third kappa shape index (κ3) is 2.96. The first-order valence-electron chi connectivity index (χ1n) is 6.25. The van der Waals surface area contributed by atoms with Gasteiger partial charge in [0.05, 0.1) is 0 Å². The van der Waals surface area contributed by atoms with Gasteiger partial charge in [-0.05, 0) is 38.7 Å². The third-order valence-electron chi connectivity index (χ3n) is 3.30. The summed E-state index contributed by atoms with van der Waals surface area (Å²) in [5, 5.41) is 3.67. The van der Waals surface area contributed by atoms with E-state index in [-0.39, 0.29) is 0 Å². The van der Waals surface area contributed by atoms with E-state index in [1.54, 1.807) is 0 Å². The van der Waals surface area contributed by atoms with Crippen molar-refractivity contribution < 1.29 is 0 Å². The molecule has 0 saturated carbocycles. The summed E-state index contributed by atoms with van der Waals surface area (Å²) < 4.78 is 0. The maximum Gasteiger partial charge on any atom is 0.0297 e. The summed E-state index contributed by atoms with van der Waals surface area (Å²) in [6.07, 6.45) is 8.44. The van der Waals surface area contributed by atoms with E-state index in [1.165, 1.54) is 30.4 Å². The van der Waals surface area contributed by atoms with Gasteiger partial charge in [-0.2, -0.15) is 0 Å². The minimum atomic E-state index is 0.438. The molecule has 0 radical (unpaired) electrons. The molecule has 0 amide bonds. The average Bonchev–Trinajstić information content (AvgIpc) is 2.31. The molecular weight excluding hydrogens is 194 g/mol. The first-order valence-corrected chi connectivity index (χ1v) is 6.25. The zero-order chi connectivity index (χ0) is 11.4. The Hall–Kier alpha value is -1.08. The minimum Gasteiger partial charge on any atom is -0.304 e. The van der Waals surface area contributed by atoms with Crippen LogP contribution < -0.4 is 5.32 Å². The molecule has 0 fully saturated rings. The molecule has 0 heterocycles. The molecule has 1 aromatic carbocycles. The van der Waals surface area contributed by atoms with Crippen molar-refractivity contribution in [3.8, 4) is 0 Å². The van der Waals surface area contributed by atoms with Crippen LogP contribution in [-0.4, -0.2) is 6.04 Å². The van der Waals surface area contributed by atoms with Crippen molar-refractivity contribution in [2.75, 3.05) is 0 Å². The highest BCUT2D eigenvalue weighted by Gasteiger charge is 2.12. The summed E-state index contributed by atoms with van der Waals surface area (Å²) >= 11 is 0. The van der Waals surface area contributed by atoms with E-state index < -0.39 is 0 Å². The minimum absolute atomic E-state index is 0.438. The predicted molar refractivity (Wildman–Crippen MR) is 69.5 cm³/mol. The normalized spacial score (nSPS) is 22.0. The van der Waals surface area contributed by atoms with Crippen LogP contribution in [0.3, 0.4) is 0 Å². The van der Waals surface area contributed by atoms with Gasteiger partial charge in [-0.1, -0.05) is 42.0 Å². The number of aryl methyl sites for hydroxylation is 1. The fourth-order valence-electron chi connectivity index (χ4n) is 2.22. The number of hydrogen-bond acceptors (Lipinski definition) is 1. The zero-order valence-corrected chi connectivity index (χ0v) is 10.2. The van der Waals surface area contributed by atoms with Crippen molar-refractivity contribution in [3.05, 3.63) is 47.5 Å². The molecule has 0 saturated heterocycles. The number of allylic oxidation sites excluding steroid dienone is 1. The predicted octanol–water partition coefficient (Wildman–Crippen LogP) is 3.75. The van der Waals surface area contributed by atoms with Crippen LogP contribution in [-0.2, 0) is 0 Å². The van der Waals surface area contributed by atoms with E-state index >= 15 is 0 Å². The van der Waals surface area contributed by atoms with Gasteiger partial charge in [0, 0.05) is 12.1 Å². The van der Waals surface area contributed by atoms with Gasteiger partial charge in [0.2, 0.25) is 0 Å². The molecule has 2 rings (SSSR count). The van der Waals surface area contributed by atoms with Crippen LogP contribution in [0, 0.1) is 6.92 Å².